The molecule has 1 atom stereocenters. The van der Waals surface area contributed by atoms with Gasteiger partial charge in [0.25, 0.3) is 0 Å². The van der Waals surface area contributed by atoms with Crippen LogP contribution < -0.4 is 0 Å². The molecule has 3 rings (SSSR count). The van der Waals surface area contributed by atoms with Crippen molar-refractivity contribution in [2.75, 3.05) is 0 Å². The van der Waals surface area contributed by atoms with E-state index in [2.05, 4.69) is 6.07 Å². The summed E-state index contributed by atoms with van der Waals surface area (Å²) in [6.45, 7) is 0. The lowest BCUT2D eigenvalue weighted by molar-refractivity contribution is 0.0915. The molecule has 0 bridgehead atoms. The van der Waals surface area contributed by atoms with E-state index in [1.165, 1.54) is 11.1 Å². The molecule has 1 unspecified atom stereocenters. The molecule has 0 spiro atoms. The van der Waals surface area contributed by atoms with Gasteiger partial charge in [-0.2, -0.15) is 0 Å². The number of halogens is 1. The minimum absolute atomic E-state index is 0.0971. The maximum Gasteiger partial charge on any atom is 0.166 e. The van der Waals surface area contributed by atoms with E-state index in [0.29, 0.717) is 5.78 Å². The minimum atomic E-state index is 0.0971. The summed E-state index contributed by atoms with van der Waals surface area (Å²) in [4.78, 5) is 12.7. The van der Waals surface area contributed by atoms with Crippen LogP contribution in [0.5, 0.6) is 0 Å². The van der Waals surface area contributed by atoms with E-state index in [1.807, 2.05) is 42.5 Å². The maximum absolute atomic E-state index is 12.7. The molecule has 0 saturated carbocycles. The summed E-state index contributed by atoms with van der Waals surface area (Å²) in [5, 5.41) is 0.742. The van der Waals surface area contributed by atoms with Crippen molar-refractivity contribution in [2.24, 2.45) is 5.92 Å². The Morgan fingerprint density at radius 1 is 1.05 bits per heavy atom. The molecule has 2 aromatic rings. The van der Waals surface area contributed by atoms with Gasteiger partial charge in [-0.3, -0.25) is 4.79 Å². The Labute approximate surface area is 124 Å². The van der Waals surface area contributed by atoms with Crippen molar-refractivity contribution in [1.29, 1.82) is 0 Å². The summed E-state index contributed by atoms with van der Waals surface area (Å²) in [7, 11) is 0. The molecule has 20 heavy (non-hydrogen) atoms. The Kier molecular flexibility index (Phi) is 3.88. The molecule has 2 heteroatoms. The Bertz CT molecular complexity index is 616. The quantitative estimate of drug-likeness (QED) is 0.730. The third kappa shape index (κ3) is 2.78. The number of carbonyl (C=O) groups excluding carboxylic acids is 1. The van der Waals surface area contributed by atoms with Crippen molar-refractivity contribution in [1.82, 2.24) is 0 Å². The van der Waals surface area contributed by atoms with E-state index < -0.39 is 0 Å². The van der Waals surface area contributed by atoms with Gasteiger partial charge in [-0.15, -0.1) is 0 Å². The zero-order chi connectivity index (χ0) is 13.9. The monoisotopic (exact) mass is 284 g/mol. The van der Waals surface area contributed by atoms with E-state index in [1.54, 1.807) is 0 Å². The van der Waals surface area contributed by atoms with Crippen LogP contribution in [0.2, 0.25) is 5.02 Å². The van der Waals surface area contributed by atoms with E-state index in [9.17, 15) is 4.79 Å². The molecule has 0 N–H and O–H groups in total. The summed E-state index contributed by atoms with van der Waals surface area (Å²) in [6, 6.07) is 15.9. The molecule has 0 aliphatic heterocycles. The van der Waals surface area contributed by atoms with Crippen LogP contribution in [0.1, 0.15) is 34.3 Å². The Balaban J connectivity index is 1.84. The smallest absolute Gasteiger partial charge is 0.166 e. The Morgan fingerprint density at radius 3 is 2.60 bits per heavy atom. The van der Waals surface area contributed by atoms with Gasteiger partial charge in [-0.25, -0.2) is 0 Å². The number of Topliss-reactive ketones (excluding diaryl/α,β-unsaturated/α-hetero) is 1. The number of hydrogen-bond acceptors (Lipinski definition) is 1. The number of fused-ring (bicyclic) bond motifs is 1. The van der Waals surface area contributed by atoms with Gasteiger partial charge in [0, 0.05) is 16.5 Å². The standard InChI is InChI=1S/C18H17ClO/c19-16-10-8-13(9-11-16)12-15-6-3-5-14-4-1-2-7-17(14)18(15)20/h1-2,4,7-11,15H,3,5-6,12H2. The molecule has 0 amide bonds. The van der Waals surface area contributed by atoms with Gasteiger partial charge in [0.1, 0.15) is 0 Å². The summed E-state index contributed by atoms with van der Waals surface area (Å²) >= 11 is 5.91. The van der Waals surface area contributed by atoms with Crippen molar-refractivity contribution in [3.05, 3.63) is 70.2 Å². The minimum Gasteiger partial charge on any atom is -0.294 e. The van der Waals surface area contributed by atoms with Crippen molar-refractivity contribution in [3.63, 3.8) is 0 Å². The second-order valence-electron chi connectivity index (χ2n) is 5.44. The fraction of sp³-hybridized carbons (Fsp3) is 0.278. The zero-order valence-corrected chi connectivity index (χ0v) is 12.1. The second-order valence-corrected chi connectivity index (χ2v) is 5.88. The van der Waals surface area contributed by atoms with Crippen molar-refractivity contribution in [3.8, 4) is 0 Å². The number of rotatable bonds is 2. The lowest BCUT2D eigenvalue weighted by Gasteiger charge is -2.13. The number of carbonyl (C=O) groups is 1. The van der Waals surface area contributed by atoms with E-state index in [4.69, 9.17) is 11.6 Å². The molecule has 0 aromatic heterocycles. The first-order valence-electron chi connectivity index (χ1n) is 7.10. The van der Waals surface area contributed by atoms with Gasteiger partial charge in [-0.05, 0) is 48.9 Å². The maximum atomic E-state index is 12.7. The van der Waals surface area contributed by atoms with Crippen LogP contribution >= 0.6 is 11.6 Å². The number of benzene rings is 2. The fourth-order valence-electron chi connectivity index (χ4n) is 2.97. The largest absolute Gasteiger partial charge is 0.294 e. The predicted octanol–water partition coefficient (Wildman–Crippen LogP) is 4.72. The van der Waals surface area contributed by atoms with Gasteiger partial charge in [0.05, 0.1) is 0 Å². The Hall–Kier alpha value is -1.60. The second kappa shape index (κ2) is 5.80. The van der Waals surface area contributed by atoms with E-state index in [0.717, 1.165) is 36.3 Å². The number of aryl methyl sites for hydroxylation is 1. The van der Waals surface area contributed by atoms with Crippen molar-refractivity contribution in [2.45, 2.75) is 25.7 Å². The van der Waals surface area contributed by atoms with Crippen LogP contribution in [0, 0.1) is 5.92 Å². The van der Waals surface area contributed by atoms with Crippen molar-refractivity contribution >= 4 is 17.4 Å². The first-order chi connectivity index (χ1) is 9.74. The molecule has 0 saturated heterocycles. The molecular formula is C18H17ClO. The van der Waals surface area contributed by atoms with Gasteiger partial charge < -0.3 is 0 Å². The fourth-order valence-corrected chi connectivity index (χ4v) is 3.09. The van der Waals surface area contributed by atoms with Crippen LogP contribution in [0.25, 0.3) is 0 Å². The summed E-state index contributed by atoms with van der Waals surface area (Å²) in [5.41, 5.74) is 3.31. The molecule has 1 nitrogen and oxygen atoms in total. The highest BCUT2D eigenvalue weighted by Gasteiger charge is 2.25. The third-order valence-electron chi connectivity index (χ3n) is 4.05. The van der Waals surface area contributed by atoms with Gasteiger partial charge in [-0.1, -0.05) is 48.0 Å². The van der Waals surface area contributed by atoms with Crippen LogP contribution in [0.15, 0.2) is 48.5 Å². The first-order valence-corrected chi connectivity index (χ1v) is 7.48. The first kappa shape index (κ1) is 13.4. The van der Waals surface area contributed by atoms with Crippen LogP contribution in [0.3, 0.4) is 0 Å². The predicted molar refractivity (Wildman–Crippen MR) is 82.4 cm³/mol. The molecule has 0 fully saturated rings. The van der Waals surface area contributed by atoms with E-state index >= 15 is 0 Å². The average molecular weight is 285 g/mol. The van der Waals surface area contributed by atoms with Crippen LogP contribution in [-0.2, 0) is 12.8 Å². The highest BCUT2D eigenvalue weighted by atomic mass is 35.5. The lowest BCUT2D eigenvalue weighted by atomic mass is 9.89. The average Bonchev–Trinajstić information content (AvgIpc) is 2.62. The summed E-state index contributed by atoms with van der Waals surface area (Å²) in [6.07, 6.45) is 3.88. The molecule has 2 aromatic carbocycles. The molecule has 0 heterocycles. The topological polar surface area (TPSA) is 17.1 Å². The van der Waals surface area contributed by atoms with Gasteiger partial charge >= 0.3 is 0 Å². The molecule has 0 radical (unpaired) electrons. The molecular weight excluding hydrogens is 268 g/mol. The van der Waals surface area contributed by atoms with Crippen molar-refractivity contribution < 1.29 is 4.79 Å². The summed E-state index contributed by atoms with van der Waals surface area (Å²) in [5.74, 6) is 0.396. The number of ketones is 1. The summed E-state index contributed by atoms with van der Waals surface area (Å²) < 4.78 is 0. The highest BCUT2D eigenvalue weighted by Crippen LogP contribution is 2.27. The molecule has 1 aliphatic carbocycles. The SMILES string of the molecule is O=C1c2ccccc2CCCC1Cc1ccc(Cl)cc1. The van der Waals surface area contributed by atoms with E-state index in [-0.39, 0.29) is 5.92 Å². The van der Waals surface area contributed by atoms with Gasteiger partial charge in [0.2, 0.25) is 0 Å². The Morgan fingerprint density at radius 2 is 1.80 bits per heavy atom. The zero-order valence-electron chi connectivity index (χ0n) is 11.3. The van der Waals surface area contributed by atoms with Crippen LogP contribution in [0.4, 0.5) is 0 Å². The molecule has 102 valence electrons. The normalized spacial score (nSPS) is 18.4. The third-order valence-corrected chi connectivity index (χ3v) is 4.30. The van der Waals surface area contributed by atoms with Gasteiger partial charge in [0.15, 0.2) is 5.78 Å². The highest BCUT2D eigenvalue weighted by molar-refractivity contribution is 6.30. The lowest BCUT2D eigenvalue weighted by Crippen LogP contribution is -2.16. The number of hydrogen-bond donors (Lipinski definition) is 0. The van der Waals surface area contributed by atoms with Crippen LogP contribution in [-0.4, -0.2) is 5.78 Å². The molecule has 1 aliphatic rings.